The van der Waals surface area contributed by atoms with Gasteiger partial charge in [0.25, 0.3) is 0 Å². The molecule has 0 saturated carbocycles. The standard InChI is InChI=1S/2C32H16N8.C6H16O2Si2.8CH3F.2Al/c2*1-2-10-18-17(9-1)25-33-26(18)38-28-21-13-5-6-14-22(21)30(35-28)40-32-24-16-8-7-15-23(24)31(36-32)39-29-20-12-4-3-11-19(20)27(34-29)37-25;1-9(2,7)5-6-10(3,4)8;8*1-2;;/h2*1-16H;5-6H2,1-4H3;8*1H3;;/q3*-2;;;;;;;;;2*+3. The van der Waals surface area contributed by atoms with Gasteiger partial charge in [0, 0.05) is 87.6 Å². The van der Waals surface area contributed by atoms with Crippen LogP contribution in [0.3, 0.4) is 0 Å². The van der Waals surface area contributed by atoms with E-state index in [-0.39, 0.29) is 0 Å². The SMILES string of the molecule is CF.CF.CF.CF.CF.CF.CF.CF.C[Si](C)(CC[Si](C)(C)[O][Al]1[n]2c3c4ccccc4c2N=C2N=C(N=c4c5ccccc5c([n]41)=NC1=NC(=N3)c3ccccc31)c1ccccc12)[O][Al]1[n]2c3c4ccccc4c2N=C2N=C(N=c4c5ccccc5c([n]41)=NC1=NC(=N3)c3ccccc31)c1ccccc12. The molecule has 20 rings (SSSR count). The number of aliphatic imine (C=N–C) groups is 8. The number of hydrogen-bond donors (Lipinski definition) is 0. The Balaban J connectivity index is 0.000000642. The minimum absolute atomic E-state index is 0.500. The van der Waals surface area contributed by atoms with Gasteiger partial charge in [0.1, 0.15) is 45.2 Å². The highest BCUT2D eigenvalue weighted by Crippen LogP contribution is 2.45. The summed E-state index contributed by atoms with van der Waals surface area (Å²) >= 11 is -6.46. The molecule has 30 heteroatoms. The first-order valence-corrected chi connectivity index (χ1v) is 43.2. The molecule has 4 aromatic heterocycles. The van der Waals surface area contributed by atoms with Crippen molar-refractivity contribution in [3.63, 3.8) is 0 Å². The molecule has 0 unspecified atom stereocenters. The van der Waals surface area contributed by atoms with Gasteiger partial charge < -0.3 is 21.2 Å². The quantitative estimate of drug-likeness (QED) is 0.114. The molecule has 0 saturated heterocycles. The highest BCUT2D eigenvalue weighted by atomic mass is 28.4. The fraction of sp³-hybridized carbons (Fsp3) is 0.179. The van der Waals surface area contributed by atoms with E-state index in [9.17, 15) is 35.1 Å². The lowest BCUT2D eigenvalue weighted by Gasteiger charge is -2.34. The van der Waals surface area contributed by atoms with Gasteiger partial charge in [0.05, 0.1) is 57.4 Å². The van der Waals surface area contributed by atoms with Gasteiger partial charge in [-0.3, -0.25) is 35.1 Å². The third-order valence-corrected chi connectivity index (χ3v) is 32.6. The van der Waals surface area contributed by atoms with E-state index < -0.39 is 46.5 Å². The second-order valence-corrected chi connectivity index (χ2v) is 38.6. The first-order chi connectivity index (χ1) is 53.1. The van der Waals surface area contributed by atoms with Gasteiger partial charge in [-0.05, 0) is 38.3 Å². The van der Waals surface area contributed by atoms with Crippen molar-refractivity contribution in [1.82, 2.24) is 14.2 Å². The lowest BCUT2D eigenvalue weighted by molar-refractivity contribution is 0.512. The van der Waals surface area contributed by atoms with Gasteiger partial charge in [-0.15, -0.1) is 0 Å². The molecule has 12 aromatic rings. The number of benzene rings is 8. The molecule has 12 bridgehead atoms. The second kappa shape index (κ2) is 32.8. The average molecular weight is 1530 g/mol. The van der Waals surface area contributed by atoms with Crippen LogP contribution in [-0.4, -0.2) is 165 Å². The largest absolute Gasteiger partial charge is 0.798 e. The van der Waals surface area contributed by atoms with E-state index in [4.69, 9.17) is 66.9 Å². The Hall–Kier alpha value is -10.7. The summed E-state index contributed by atoms with van der Waals surface area (Å²) in [6.45, 7) is 9.40. The van der Waals surface area contributed by atoms with Crippen molar-refractivity contribution in [2.45, 2.75) is 38.3 Å². The summed E-state index contributed by atoms with van der Waals surface area (Å²) in [5.74, 6) is 7.49. The first-order valence-electron chi connectivity index (χ1n) is 33.9. The second-order valence-electron chi connectivity index (χ2n) is 25.3. The molecular formula is C78H72Al2F8N16O2Si2. The van der Waals surface area contributed by atoms with Crippen molar-refractivity contribution >= 4 is 160 Å². The summed E-state index contributed by atoms with van der Waals surface area (Å²) in [6.07, 6.45) is 0. The minimum Gasteiger partial charge on any atom is -0.509 e. The molecule has 0 amide bonds. The maximum Gasteiger partial charge on any atom is 0.798 e. The highest BCUT2D eigenvalue weighted by molar-refractivity contribution is 6.82. The van der Waals surface area contributed by atoms with Gasteiger partial charge in [-0.1, -0.05) is 194 Å². The van der Waals surface area contributed by atoms with E-state index in [1.807, 2.05) is 48.5 Å². The monoisotopic (exact) mass is 1530 g/mol. The predicted octanol–water partition coefficient (Wildman–Crippen LogP) is 16.0. The summed E-state index contributed by atoms with van der Waals surface area (Å²) in [7, 11) is -1.85. The molecule has 0 spiro atoms. The van der Waals surface area contributed by atoms with Crippen LogP contribution < -0.4 is 22.0 Å². The molecule has 546 valence electrons. The summed E-state index contributed by atoms with van der Waals surface area (Å²) in [6, 6.07) is 68.1. The van der Waals surface area contributed by atoms with Crippen LogP contribution in [0.2, 0.25) is 38.3 Å². The number of halogens is 8. The van der Waals surface area contributed by atoms with Crippen molar-refractivity contribution in [3.05, 3.63) is 261 Å². The van der Waals surface area contributed by atoms with Gasteiger partial charge in [-0.2, -0.15) is 0 Å². The van der Waals surface area contributed by atoms with E-state index in [1.54, 1.807) is 0 Å². The van der Waals surface area contributed by atoms with E-state index in [1.165, 1.54) is 0 Å². The third kappa shape index (κ3) is 13.1. The number of hydrogen-bond acceptors (Lipinski definition) is 14. The zero-order chi connectivity index (χ0) is 76.9. The molecule has 0 fully saturated rings. The predicted molar refractivity (Wildman–Crippen MR) is 425 cm³/mol. The molecule has 0 atom stereocenters. The Bertz CT molecular complexity index is 5370. The summed E-state index contributed by atoms with van der Waals surface area (Å²) in [5.41, 5.74) is 10.1. The highest BCUT2D eigenvalue weighted by Gasteiger charge is 2.49. The molecule has 0 aliphatic carbocycles. The molecular weight excluding hydrogens is 1460 g/mol. The van der Waals surface area contributed by atoms with Crippen LogP contribution in [-0.2, 0) is 6.96 Å². The number of amidine groups is 8. The van der Waals surface area contributed by atoms with Gasteiger partial charge in [0.2, 0.25) is 0 Å². The number of nitrogens with zero attached hydrogens (tertiary/aromatic N) is 16. The van der Waals surface area contributed by atoms with Crippen molar-refractivity contribution < 1.29 is 42.1 Å². The fourth-order valence-corrected chi connectivity index (χ4v) is 30.0. The lowest BCUT2D eigenvalue weighted by atomic mass is 10.1. The van der Waals surface area contributed by atoms with E-state index >= 15 is 0 Å². The zero-order valence-corrected chi connectivity index (χ0v) is 65.3. The molecule has 0 N–H and O–H groups in total. The number of aromatic nitrogens is 4. The van der Waals surface area contributed by atoms with E-state index in [2.05, 4.69) is 186 Å². The smallest absolute Gasteiger partial charge is 0.509 e. The zero-order valence-electron chi connectivity index (χ0n) is 61.0. The van der Waals surface area contributed by atoms with Crippen LogP contribution in [0.25, 0.3) is 43.1 Å². The van der Waals surface area contributed by atoms with E-state index in [0.717, 1.165) is 99.7 Å². The first kappa shape index (κ1) is 77.0. The Morgan fingerprint density at radius 3 is 0.593 bits per heavy atom. The third-order valence-electron chi connectivity index (χ3n) is 18.7. The van der Waals surface area contributed by atoms with Crippen LogP contribution in [0.4, 0.5) is 58.4 Å². The van der Waals surface area contributed by atoms with Gasteiger partial charge in [0.15, 0.2) is 63.3 Å². The number of rotatable bonds is 7. The molecule has 18 nitrogen and oxygen atoms in total. The Labute approximate surface area is 628 Å². The number of alkyl halides is 8. The Morgan fingerprint density at radius 2 is 0.398 bits per heavy atom. The molecule has 8 aromatic carbocycles. The van der Waals surface area contributed by atoms with Crippen molar-refractivity contribution in [2.24, 2.45) is 59.9 Å². The van der Waals surface area contributed by atoms with Crippen molar-refractivity contribution in [3.8, 4) is 0 Å². The van der Waals surface area contributed by atoms with Gasteiger partial charge >= 0.3 is 29.8 Å². The normalized spacial score (nSPS) is 14.0. The maximum absolute atomic E-state index is 9.50. The molecule has 8 aliphatic heterocycles. The van der Waals surface area contributed by atoms with Crippen LogP contribution >= 0.6 is 0 Å². The molecule has 108 heavy (non-hydrogen) atoms. The van der Waals surface area contributed by atoms with Gasteiger partial charge in [-0.25, -0.2) is 59.9 Å². The Morgan fingerprint density at radius 1 is 0.231 bits per heavy atom. The van der Waals surface area contributed by atoms with E-state index in [0.29, 0.717) is 149 Å². The van der Waals surface area contributed by atoms with Crippen molar-refractivity contribution in [2.75, 3.05) is 57.4 Å². The maximum atomic E-state index is 9.50. The molecule has 0 radical (unpaired) electrons. The fourth-order valence-electron chi connectivity index (χ4n) is 14.3. The topological polar surface area (TPSA) is 187 Å². The number of fused-ring (bicyclic) bond motifs is 28. The molecule has 12 heterocycles. The van der Waals surface area contributed by atoms with Crippen LogP contribution in [0, 0.1) is 0 Å². The average Bonchev–Trinajstić information content (AvgIpc) is 1.56. The van der Waals surface area contributed by atoms with Crippen LogP contribution in [0.1, 0.15) is 44.5 Å². The lowest BCUT2D eigenvalue weighted by Crippen LogP contribution is -2.55. The summed E-state index contributed by atoms with van der Waals surface area (Å²) in [5, 5.41) is 7.42. The van der Waals surface area contributed by atoms with Crippen molar-refractivity contribution in [1.29, 1.82) is 0 Å². The summed E-state index contributed by atoms with van der Waals surface area (Å²) < 4.78 is 102. The van der Waals surface area contributed by atoms with Crippen LogP contribution in [0.15, 0.2) is 254 Å². The Kier molecular flexibility index (Phi) is 23.4. The minimum atomic E-state index is -3.23. The molecule has 8 aliphatic rings. The summed E-state index contributed by atoms with van der Waals surface area (Å²) in [4.78, 5) is 66.3. The van der Waals surface area contributed by atoms with Crippen LogP contribution in [0.5, 0.6) is 0 Å².